The lowest BCUT2D eigenvalue weighted by atomic mass is 10.1. The van der Waals surface area contributed by atoms with E-state index < -0.39 is 0 Å². The Bertz CT molecular complexity index is 1230. The molecule has 4 aromatic rings. The molecule has 1 N–H and O–H groups in total. The number of rotatable bonds is 5. The van der Waals surface area contributed by atoms with Crippen molar-refractivity contribution in [3.63, 3.8) is 0 Å². The Kier molecular flexibility index (Phi) is 5.90. The van der Waals surface area contributed by atoms with Crippen LogP contribution in [0.4, 0.5) is 0 Å². The Hall–Kier alpha value is -4.18. The van der Waals surface area contributed by atoms with Gasteiger partial charge in [0.1, 0.15) is 12.7 Å². The summed E-state index contributed by atoms with van der Waals surface area (Å²) in [6, 6.07) is 15.3. The van der Waals surface area contributed by atoms with Gasteiger partial charge < -0.3 is 5.32 Å². The van der Waals surface area contributed by atoms with Crippen molar-refractivity contribution in [2.24, 2.45) is 0 Å². The van der Waals surface area contributed by atoms with Crippen LogP contribution in [0.2, 0.25) is 0 Å². The second kappa shape index (κ2) is 9.09. The zero-order valence-corrected chi connectivity index (χ0v) is 17.4. The van der Waals surface area contributed by atoms with Crippen molar-refractivity contribution < 1.29 is 4.79 Å². The number of aryl methyl sites for hydroxylation is 1. The molecule has 2 aromatic carbocycles. The van der Waals surface area contributed by atoms with Gasteiger partial charge in [0.2, 0.25) is 0 Å². The Morgan fingerprint density at radius 3 is 2.77 bits per heavy atom. The zero-order valence-electron chi connectivity index (χ0n) is 17.4. The summed E-state index contributed by atoms with van der Waals surface area (Å²) in [5, 5.41) is 11.4. The lowest BCUT2D eigenvalue weighted by Gasteiger charge is -2.13. The van der Waals surface area contributed by atoms with Crippen LogP contribution in [0, 0.1) is 18.8 Å². The molecule has 0 aliphatic carbocycles. The van der Waals surface area contributed by atoms with Gasteiger partial charge in [-0.2, -0.15) is 10.2 Å². The monoisotopic (exact) mass is 410 g/mol. The molecule has 0 fully saturated rings. The van der Waals surface area contributed by atoms with Gasteiger partial charge in [0, 0.05) is 30.1 Å². The maximum absolute atomic E-state index is 12.8. The predicted molar refractivity (Wildman–Crippen MR) is 118 cm³/mol. The van der Waals surface area contributed by atoms with Crippen LogP contribution in [-0.4, -0.2) is 37.0 Å². The van der Waals surface area contributed by atoms with E-state index in [1.807, 2.05) is 56.4 Å². The number of carbonyl (C=O) groups is 1. The van der Waals surface area contributed by atoms with E-state index in [1.54, 1.807) is 34.0 Å². The molecule has 7 nitrogen and oxygen atoms in total. The highest BCUT2D eigenvalue weighted by Crippen LogP contribution is 2.16. The molecule has 1 amide bonds. The number of aromatic nitrogens is 5. The summed E-state index contributed by atoms with van der Waals surface area (Å²) in [6.07, 6.45) is 6.68. The van der Waals surface area contributed by atoms with Crippen molar-refractivity contribution >= 4 is 5.91 Å². The van der Waals surface area contributed by atoms with Crippen molar-refractivity contribution in [1.29, 1.82) is 0 Å². The minimum absolute atomic E-state index is 0.00428. The van der Waals surface area contributed by atoms with E-state index in [-0.39, 0.29) is 11.9 Å². The maximum Gasteiger partial charge on any atom is 0.251 e. The summed E-state index contributed by atoms with van der Waals surface area (Å²) in [5.41, 5.74) is 4.15. The molecule has 4 rings (SSSR count). The SMILES string of the molecule is Cc1cccc(C#Cc2cc(C(=O)NCC(C)n3cncn3)ccc2-n2cccn2)c1. The minimum atomic E-state index is -0.169. The maximum atomic E-state index is 12.8. The average molecular weight is 410 g/mol. The third-order valence-corrected chi connectivity index (χ3v) is 4.82. The van der Waals surface area contributed by atoms with Crippen LogP contribution < -0.4 is 5.32 Å². The van der Waals surface area contributed by atoms with E-state index in [0.29, 0.717) is 12.1 Å². The first kappa shape index (κ1) is 20.1. The number of hydrogen-bond acceptors (Lipinski definition) is 4. The fourth-order valence-corrected chi connectivity index (χ4v) is 3.13. The van der Waals surface area contributed by atoms with Crippen LogP contribution in [0.25, 0.3) is 5.69 Å². The van der Waals surface area contributed by atoms with Crippen LogP contribution in [0.5, 0.6) is 0 Å². The van der Waals surface area contributed by atoms with E-state index in [0.717, 1.165) is 22.4 Å². The molecule has 1 unspecified atom stereocenters. The number of carbonyl (C=O) groups excluding carboxylic acids is 1. The van der Waals surface area contributed by atoms with Gasteiger partial charge in [-0.25, -0.2) is 14.3 Å². The topological polar surface area (TPSA) is 77.6 Å². The number of benzene rings is 2. The lowest BCUT2D eigenvalue weighted by Crippen LogP contribution is -2.29. The fraction of sp³-hybridized carbons (Fsp3) is 0.167. The Morgan fingerprint density at radius 2 is 2.03 bits per heavy atom. The van der Waals surface area contributed by atoms with E-state index >= 15 is 0 Å². The third-order valence-electron chi connectivity index (χ3n) is 4.82. The highest BCUT2D eigenvalue weighted by molar-refractivity contribution is 5.95. The number of hydrogen-bond donors (Lipinski definition) is 1. The number of amides is 1. The predicted octanol–water partition coefficient (Wildman–Crippen LogP) is 3.16. The smallest absolute Gasteiger partial charge is 0.251 e. The van der Waals surface area contributed by atoms with Gasteiger partial charge in [-0.05, 0) is 55.8 Å². The molecule has 0 saturated heterocycles. The first-order valence-corrected chi connectivity index (χ1v) is 9.95. The number of nitrogens with zero attached hydrogens (tertiary/aromatic N) is 5. The molecule has 0 bridgehead atoms. The van der Waals surface area contributed by atoms with Crippen molar-refractivity contribution in [2.45, 2.75) is 19.9 Å². The molecule has 7 heteroatoms. The normalized spacial score (nSPS) is 11.4. The summed E-state index contributed by atoms with van der Waals surface area (Å²) < 4.78 is 3.45. The van der Waals surface area contributed by atoms with Crippen LogP contribution >= 0.6 is 0 Å². The Morgan fingerprint density at radius 1 is 1.13 bits per heavy atom. The molecular formula is C24H22N6O. The molecule has 2 heterocycles. The van der Waals surface area contributed by atoms with Gasteiger partial charge in [0.05, 0.1) is 17.3 Å². The first-order chi connectivity index (χ1) is 15.1. The quantitative estimate of drug-likeness (QED) is 0.513. The highest BCUT2D eigenvalue weighted by atomic mass is 16.1. The summed E-state index contributed by atoms with van der Waals surface area (Å²) in [6.45, 7) is 4.44. The van der Waals surface area contributed by atoms with Gasteiger partial charge >= 0.3 is 0 Å². The molecular weight excluding hydrogens is 388 g/mol. The standard InChI is InChI=1S/C24H22N6O/c1-18-5-3-6-20(13-18)7-8-21-14-22(9-10-23(21)29-12-4-11-27-29)24(31)26-15-19(2)30-17-25-16-28-30/h3-6,9-14,16-17,19H,15H2,1-2H3,(H,26,31). The Labute approximate surface area is 180 Å². The van der Waals surface area contributed by atoms with E-state index in [4.69, 9.17) is 0 Å². The molecule has 0 radical (unpaired) electrons. The van der Waals surface area contributed by atoms with Crippen molar-refractivity contribution in [3.8, 4) is 17.5 Å². The van der Waals surface area contributed by atoms with Crippen LogP contribution in [-0.2, 0) is 0 Å². The summed E-state index contributed by atoms with van der Waals surface area (Å²) in [7, 11) is 0. The summed E-state index contributed by atoms with van der Waals surface area (Å²) >= 11 is 0. The highest BCUT2D eigenvalue weighted by Gasteiger charge is 2.12. The first-order valence-electron chi connectivity index (χ1n) is 9.95. The van der Waals surface area contributed by atoms with E-state index in [2.05, 4.69) is 32.3 Å². The second-order valence-corrected chi connectivity index (χ2v) is 7.24. The van der Waals surface area contributed by atoms with Gasteiger partial charge in [-0.15, -0.1) is 0 Å². The number of nitrogens with one attached hydrogen (secondary N) is 1. The van der Waals surface area contributed by atoms with Gasteiger partial charge in [-0.3, -0.25) is 4.79 Å². The van der Waals surface area contributed by atoms with Crippen molar-refractivity contribution in [2.75, 3.05) is 6.54 Å². The minimum Gasteiger partial charge on any atom is -0.350 e. The van der Waals surface area contributed by atoms with Crippen molar-refractivity contribution in [1.82, 2.24) is 29.9 Å². The molecule has 0 saturated carbocycles. The van der Waals surface area contributed by atoms with Gasteiger partial charge in [0.25, 0.3) is 5.91 Å². The van der Waals surface area contributed by atoms with Crippen LogP contribution in [0.1, 0.15) is 40.0 Å². The summed E-state index contributed by atoms with van der Waals surface area (Å²) in [4.78, 5) is 16.7. The molecule has 154 valence electrons. The van der Waals surface area contributed by atoms with Gasteiger partial charge in [0.15, 0.2) is 0 Å². The van der Waals surface area contributed by atoms with Gasteiger partial charge in [-0.1, -0.05) is 24.0 Å². The molecule has 1 atom stereocenters. The molecule has 0 spiro atoms. The fourth-order valence-electron chi connectivity index (χ4n) is 3.13. The Balaban J connectivity index is 1.60. The second-order valence-electron chi connectivity index (χ2n) is 7.24. The molecule has 0 aliphatic rings. The zero-order chi connectivity index (χ0) is 21.6. The third kappa shape index (κ3) is 4.87. The summed E-state index contributed by atoms with van der Waals surface area (Å²) in [5.74, 6) is 6.24. The van der Waals surface area contributed by atoms with E-state index in [9.17, 15) is 4.79 Å². The molecule has 0 aliphatic heterocycles. The lowest BCUT2D eigenvalue weighted by molar-refractivity contribution is 0.0948. The van der Waals surface area contributed by atoms with Crippen LogP contribution in [0.15, 0.2) is 73.6 Å². The largest absolute Gasteiger partial charge is 0.350 e. The van der Waals surface area contributed by atoms with Crippen molar-refractivity contribution in [3.05, 3.63) is 95.8 Å². The van der Waals surface area contributed by atoms with E-state index in [1.165, 1.54) is 6.33 Å². The average Bonchev–Trinajstić information content (AvgIpc) is 3.50. The molecule has 31 heavy (non-hydrogen) atoms. The van der Waals surface area contributed by atoms with Crippen LogP contribution in [0.3, 0.4) is 0 Å². The molecule has 2 aromatic heterocycles.